The highest BCUT2D eigenvalue weighted by atomic mass is 32.2. The molecule has 0 atom stereocenters. The summed E-state index contributed by atoms with van der Waals surface area (Å²) in [6.45, 7) is 2.71. The highest BCUT2D eigenvalue weighted by molar-refractivity contribution is 7.89. The summed E-state index contributed by atoms with van der Waals surface area (Å²) in [6.07, 6.45) is 1.90. The number of hydrogen-bond donors (Lipinski definition) is 1. The fourth-order valence-electron chi connectivity index (χ4n) is 1.83. The number of benzene rings is 1. The molecule has 5 heteroatoms. The van der Waals surface area contributed by atoms with Gasteiger partial charge in [-0.25, -0.2) is 8.42 Å². The van der Waals surface area contributed by atoms with E-state index in [2.05, 4.69) is 0 Å². The van der Waals surface area contributed by atoms with E-state index in [1.54, 1.807) is 12.1 Å². The molecule has 1 aliphatic carbocycles. The minimum atomic E-state index is -3.36. The molecule has 0 unspecified atom stereocenters. The molecule has 1 fully saturated rings. The smallest absolute Gasteiger partial charge is 0.243 e. The summed E-state index contributed by atoms with van der Waals surface area (Å²) >= 11 is 0. The topological polar surface area (TPSA) is 63.4 Å². The monoisotopic (exact) mass is 254 g/mol. The van der Waals surface area contributed by atoms with E-state index in [0.717, 1.165) is 18.4 Å². The van der Waals surface area contributed by atoms with Gasteiger partial charge < -0.3 is 5.73 Å². The molecule has 2 rings (SSSR count). The average Bonchev–Trinajstić information content (AvgIpc) is 3.10. The molecule has 0 amide bonds. The number of nitrogens with zero attached hydrogens (tertiary/aromatic N) is 1. The van der Waals surface area contributed by atoms with Crippen molar-refractivity contribution >= 4 is 10.0 Å². The summed E-state index contributed by atoms with van der Waals surface area (Å²) in [5.41, 5.74) is 6.54. The van der Waals surface area contributed by atoms with Crippen LogP contribution in [0.2, 0.25) is 0 Å². The maximum absolute atomic E-state index is 12.4. The van der Waals surface area contributed by atoms with Crippen LogP contribution in [0.5, 0.6) is 0 Å². The highest BCUT2D eigenvalue weighted by Gasteiger charge is 2.37. The Hall–Kier alpha value is -0.910. The molecule has 1 aliphatic rings. The average molecular weight is 254 g/mol. The van der Waals surface area contributed by atoms with Crippen LogP contribution < -0.4 is 5.73 Å². The van der Waals surface area contributed by atoms with Gasteiger partial charge in [0.2, 0.25) is 10.0 Å². The van der Waals surface area contributed by atoms with Crippen molar-refractivity contribution in [3.05, 3.63) is 29.8 Å². The van der Waals surface area contributed by atoms with E-state index in [9.17, 15) is 8.42 Å². The van der Waals surface area contributed by atoms with E-state index in [0.29, 0.717) is 18.0 Å². The summed E-state index contributed by atoms with van der Waals surface area (Å²) in [6, 6.07) is 7.12. The van der Waals surface area contributed by atoms with E-state index in [1.807, 2.05) is 19.1 Å². The Morgan fingerprint density at radius 3 is 2.35 bits per heavy atom. The van der Waals surface area contributed by atoms with Crippen LogP contribution in [-0.4, -0.2) is 31.9 Å². The van der Waals surface area contributed by atoms with Crippen LogP contribution in [0.4, 0.5) is 0 Å². The van der Waals surface area contributed by atoms with Gasteiger partial charge in [0.25, 0.3) is 0 Å². The maximum Gasteiger partial charge on any atom is 0.243 e. The molecular formula is C12H18N2O2S. The molecule has 4 nitrogen and oxygen atoms in total. The number of hydrogen-bond acceptors (Lipinski definition) is 3. The minimum Gasteiger partial charge on any atom is -0.329 e. The van der Waals surface area contributed by atoms with Crippen molar-refractivity contribution in [2.45, 2.75) is 30.7 Å². The van der Waals surface area contributed by atoms with Crippen LogP contribution in [0.25, 0.3) is 0 Å². The van der Waals surface area contributed by atoms with E-state index in [1.165, 1.54) is 4.31 Å². The zero-order valence-electron chi connectivity index (χ0n) is 9.96. The number of rotatable bonds is 5. The van der Waals surface area contributed by atoms with Crippen LogP contribution in [0.15, 0.2) is 29.2 Å². The van der Waals surface area contributed by atoms with Crippen LogP contribution in [0, 0.1) is 6.92 Å². The van der Waals surface area contributed by atoms with Gasteiger partial charge in [-0.15, -0.1) is 0 Å². The number of nitrogens with two attached hydrogens (primary N) is 1. The standard InChI is InChI=1S/C12H18N2O2S/c1-10-2-6-12(7-3-10)17(15,16)14(9-8-13)11-4-5-11/h2-3,6-7,11H,4-5,8-9,13H2,1H3. The van der Waals surface area contributed by atoms with Crippen molar-refractivity contribution in [3.63, 3.8) is 0 Å². The lowest BCUT2D eigenvalue weighted by Crippen LogP contribution is -2.37. The summed E-state index contributed by atoms with van der Waals surface area (Å²) in [5, 5.41) is 0. The molecule has 1 aromatic rings. The van der Waals surface area contributed by atoms with Gasteiger partial charge in [0, 0.05) is 19.1 Å². The summed E-state index contributed by atoms with van der Waals surface area (Å²) < 4.78 is 26.3. The molecule has 0 aromatic heterocycles. The highest BCUT2D eigenvalue weighted by Crippen LogP contribution is 2.31. The lowest BCUT2D eigenvalue weighted by atomic mass is 10.2. The van der Waals surface area contributed by atoms with Crippen molar-refractivity contribution in [2.24, 2.45) is 5.73 Å². The van der Waals surface area contributed by atoms with Gasteiger partial charge in [-0.1, -0.05) is 17.7 Å². The third-order valence-corrected chi connectivity index (χ3v) is 4.90. The van der Waals surface area contributed by atoms with E-state index < -0.39 is 10.0 Å². The number of sulfonamides is 1. The molecule has 0 bridgehead atoms. The van der Waals surface area contributed by atoms with Gasteiger partial charge in [0.1, 0.15) is 0 Å². The van der Waals surface area contributed by atoms with Gasteiger partial charge in [-0.3, -0.25) is 0 Å². The second-order valence-corrected chi connectivity index (χ2v) is 6.34. The Balaban J connectivity index is 2.30. The first kappa shape index (κ1) is 12.5. The molecule has 0 radical (unpaired) electrons. The van der Waals surface area contributed by atoms with Gasteiger partial charge in [-0.05, 0) is 31.9 Å². The normalized spacial score (nSPS) is 16.4. The largest absolute Gasteiger partial charge is 0.329 e. The first-order valence-corrected chi connectivity index (χ1v) is 7.28. The quantitative estimate of drug-likeness (QED) is 0.856. The molecule has 1 saturated carbocycles. The molecule has 17 heavy (non-hydrogen) atoms. The SMILES string of the molecule is Cc1ccc(S(=O)(=O)N(CCN)C2CC2)cc1. The van der Waals surface area contributed by atoms with Crippen molar-refractivity contribution in [2.75, 3.05) is 13.1 Å². The van der Waals surface area contributed by atoms with Crippen molar-refractivity contribution in [3.8, 4) is 0 Å². The van der Waals surface area contributed by atoms with Crippen molar-refractivity contribution < 1.29 is 8.42 Å². The van der Waals surface area contributed by atoms with E-state index in [-0.39, 0.29) is 6.04 Å². The molecule has 0 aliphatic heterocycles. The Bertz CT molecular complexity index is 478. The Labute approximate surface area is 102 Å². The second kappa shape index (κ2) is 4.76. The van der Waals surface area contributed by atoms with Crippen LogP contribution >= 0.6 is 0 Å². The first-order valence-electron chi connectivity index (χ1n) is 5.84. The van der Waals surface area contributed by atoms with E-state index >= 15 is 0 Å². The first-order chi connectivity index (χ1) is 8.05. The Kier molecular flexibility index (Phi) is 3.51. The van der Waals surface area contributed by atoms with Crippen molar-refractivity contribution in [1.29, 1.82) is 0 Å². The Morgan fingerprint density at radius 2 is 1.88 bits per heavy atom. The molecule has 94 valence electrons. The van der Waals surface area contributed by atoms with Crippen LogP contribution in [0.1, 0.15) is 18.4 Å². The van der Waals surface area contributed by atoms with Gasteiger partial charge >= 0.3 is 0 Å². The third-order valence-electron chi connectivity index (χ3n) is 2.93. The van der Waals surface area contributed by atoms with Crippen molar-refractivity contribution in [1.82, 2.24) is 4.31 Å². The third kappa shape index (κ3) is 2.68. The maximum atomic E-state index is 12.4. The molecule has 2 N–H and O–H groups in total. The summed E-state index contributed by atoms with van der Waals surface area (Å²) in [5.74, 6) is 0. The van der Waals surface area contributed by atoms with Gasteiger partial charge in [0.15, 0.2) is 0 Å². The summed E-state index contributed by atoms with van der Waals surface area (Å²) in [7, 11) is -3.36. The number of aryl methyl sites for hydroxylation is 1. The molecule has 0 spiro atoms. The van der Waals surface area contributed by atoms with Crippen LogP contribution in [0.3, 0.4) is 0 Å². The Morgan fingerprint density at radius 1 is 1.29 bits per heavy atom. The molecule has 0 saturated heterocycles. The lowest BCUT2D eigenvalue weighted by molar-refractivity contribution is 0.411. The van der Waals surface area contributed by atoms with Crippen LogP contribution in [-0.2, 0) is 10.0 Å². The molecule has 0 heterocycles. The predicted octanol–water partition coefficient (Wildman–Crippen LogP) is 1.11. The summed E-state index contributed by atoms with van der Waals surface area (Å²) in [4.78, 5) is 0.364. The zero-order valence-corrected chi connectivity index (χ0v) is 10.8. The van der Waals surface area contributed by atoms with Gasteiger partial charge in [0.05, 0.1) is 4.90 Å². The minimum absolute atomic E-state index is 0.157. The lowest BCUT2D eigenvalue weighted by Gasteiger charge is -2.21. The molecule has 1 aromatic carbocycles. The zero-order chi connectivity index (χ0) is 12.5. The fourth-order valence-corrected chi connectivity index (χ4v) is 3.53. The second-order valence-electron chi connectivity index (χ2n) is 4.45. The van der Waals surface area contributed by atoms with E-state index in [4.69, 9.17) is 5.73 Å². The van der Waals surface area contributed by atoms with Gasteiger partial charge in [-0.2, -0.15) is 4.31 Å². The molecular weight excluding hydrogens is 236 g/mol. The predicted molar refractivity (Wildman–Crippen MR) is 67.1 cm³/mol. The fraction of sp³-hybridized carbons (Fsp3) is 0.500.